The third kappa shape index (κ3) is 5.38. The van der Waals surface area contributed by atoms with E-state index in [9.17, 15) is 13.2 Å². The topological polar surface area (TPSA) is 85.4 Å². The van der Waals surface area contributed by atoms with Gasteiger partial charge in [-0.3, -0.25) is 4.79 Å². The van der Waals surface area contributed by atoms with Crippen molar-refractivity contribution in [3.05, 3.63) is 52.3 Å². The van der Waals surface area contributed by atoms with Crippen molar-refractivity contribution >= 4 is 44.1 Å². The Balaban J connectivity index is 1.68. The highest BCUT2D eigenvalue weighted by atomic mass is 32.2. The number of nitrogens with zero attached hydrogens (tertiary/aromatic N) is 1. The van der Waals surface area contributed by atoms with Gasteiger partial charge in [0.25, 0.3) is 5.91 Å². The molecule has 0 unspecified atom stereocenters. The van der Waals surface area contributed by atoms with Crippen LogP contribution in [-0.2, 0) is 9.84 Å². The van der Waals surface area contributed by atoms with Crippen LogP contribution in [-0.4, -0.2) is 37.9 Å². The predicted octanol–water partition coefficient (Wildman–Crippen LogP) is 3.86. The molecule has 0 saturated heterocycles. The van der Waals surface area contributed by atoms with E-state index in [0.717, 1.165) is 16.1 Å². The van der Waals surface area contributed by atoms with Crippen LogP contribution in [0.3, 0.4) is 0 Å². The highest BCUT2D eigenvalue weighted by Crippen LogP contribution is 2.31. The van der Waals surface area contributed by atoms with Gasteiger partial charge in [-0.15, -0.1) is 22.7 Å². The first-order chi connectivity index (χ1) is 12.8. The number of carbonyl (C=O) groups excluding carboxylic acids is 1. The van der Waals surface area contributed by atoms with E-state index in [4.69, 9.17) is 4.74 Å². The third-order valence-corrected chi connectivity index (χ3v) is 6.65. The summed E-state index contributed by atoms with van der Waals surface area (Å²) in [7, 11) is -3.08. The monoisotopic (exact) mass is 422 g/mol. The van der Waals surface area contributed by atoms with Crippen molar-refractivity contribution in [2.45, 2.75) is 6.92 Å². The third-order valence-electron chi connectivity index (χ3n) is 3.55. The summed E-state index contributed by atoms with van der Waals surface area (Å²) in [5.74, 6) is 0.202. The van der Waals surface area contributed by atoms with Crippen molar-refractivity contribution < 1.29 is 17.9 Å². The molecule has 2 aromatic heterocycles. The number of carbonyl (C=O) groups is 1. The van der Waals surface area contributed by atoms with Crippen LogP contribution in [0.5, 0.6) is 5.75 Å². The van der Waals surface area contributed by atoms with Gasteiger partial charge in [0.2, 0.25) is 0 Å². The maximum atomic E-state index is 12.6. The number of amides is 1. The maximum Gasteiger partial charge on any atom is 0.267 e. The molecule has 0 fully saturated rings. The van der Waals surface area contributed by atoms with Gasteiger partial charge in [0.05, 0.1) is 16.3 Å². The van der Waals surface area contributed by atoms with Crippen molar-refractivity contribution in [1.29, 1.82) is 0 Å². The van der Waals surface area contributed by atoms with Crippen molar-refractivity contribution in [1.82, 2.24) is 4.98 Å². The molecular weight excluding hydrogens is 404 g/mol. The number of benzene rings is 1. The van der Waals surface area contributed by atoms with Crippen molar-refractivity contribution in [3.63, 3.8) is 0 Å². The van der Waals surface area contributed by atoms with Gasteiger partial charge in [0.15, 0.2) is 9.84 Å². The van der Waals surface area contributed by atoms with Gasteiger partial charge in [0.1, 0.15) is 22.2 Å². The second-order valence-electron chi connectivity index (χ2n) is 5.87. The average Bonchev–Trinajstić information content (AvgIpc) is 3.23. The molecule has 0 aliphatic heterocycles. The van der Waals surface area contributed by atoms with Crippen LogP contribution in [0.4, 0.5) is 5.69 Å². The van der Waals surface area contributed by atoms with E-state index in [0.29, 0.717) is 22.0 Å². The fraction of sp³-hybridized carbons (Fsp3) is 0.222. The van der Waals surface area contributed by atoms with Crippen LogP contribution in [0.1, 0.15) is 15.4 Å². The molecule has 0 atom stereocenters. The Morgan fingerprint density at radius 3 is 2.78 bits per heavy atom. The largest absolute Gasteiger partial charge is 0.492 e. The smallest absolute Gasteiger partial charge is 0.267 e. The maximum absolute atomic E-state index is 12.6. The Morgan fingerprint density at radius 2 is 2.07 bits per heavy atom. The summed E-state index contributed by atoms with van der Waals surface area (Å²) < 4.78 is 27.8. The van der Waals surface area contributed by atoms with Crippen molar-refractivity contribution in [3.8, 4) is 15.6 Å². The quantitative estimate of drug-likeness (QED) is 0.625. The molecule has 1 aromatic carbocycles. The Morgan fingerprint density at radius 1 is 1.26 bits per heavy atom. The number of nitrogens with one attached hydrogen (secondary N) is 1. The lowest BCUT2D eigenvalue weighted by atomic mass is 10.3. The molecule has 9 heteroatoms. The van der Waals surface area contributed by atoms with Gasteiger partial charge < -0.3 is 10.1 Å². The summed E-state index contributed by atoms with van der Waals surface area (Å²) in [6.07, 6.45) is 1.16. The molecule has 6 nitrogen and oxygen atoms in total. The zero-order valence-electron chi connectivity index (χ0n) is 14.8. The average molecular weight is 423 g/mol. The highest BCUT2D eigenvalue weighted by molar-refractivity contribution is 7.90. The van der Waals surface area contributed by atoms with Gasteiger partial charge >= 0.3 is 0 Å². The van der Waals surface area contributed by atoms with E-state index < -0.39 is 9.84 Å². The minimum atomic E-state index is -3.08. The summed E-state index contributed by atoms with van der Waals surface area (Å²) in [4.78, 5) is 18.7. The first-order valence-corrected chi connectivity index (χ1v) is 11.8. The number of aromatic nitrogens is 1. The summed E-state index contributed by atoms with van der Waals surface area (Å²) >= 11 is 2.94. The van der Waals surface area contributed by atoms with Crippen molar-refractivity contribution in [2.24, 2.45) is 0 Å². The fourth-order valence-corrected chi connectivity index (χ4v) is 4.42. The van der Waals surface area contributed by atoms with E-state index >= 15 is 0 Å². The lowest BCUT2D eigenvalue weighted by molar-refractivity contribution is 0.103. The van der Waals surface area contributed by atoms with Gasteiger partial charge in [-0.1, -0.05) is 12.1 Å². The first-order valence-electron chi connectivity index (χ1n) is 8.05. The van der Waals surface area contributed by atoms with E-state index in [-0.39, 0.29) is 18.3 Å². The molecule has 1 N–H and O–H groups in total. The van der Waals surface area contributed by atoms with Gasteiger partial charge in [-0.2, -0.15) is 0 Å². The molecule has 0 aliphatic carbocycles. The molecule has 3 rings (SSSR count). The van der Waals surface area contributed by atoms with Gasteiger partial charge in [-0.05, 0) is 30.5 Å². The van der Waals surface area contributed by atoms with Crippen molar-refractivity contribution in [2.75, 3.05) is 23.9 Å². The molecule has 1 amide bonds. The van der Waals surface area contributed by atoms with Crippen LogP contribution < -0.4 is 10.1 Å². The number of thiophene rings is 1. The number of hydrogen-bond acceptors (Lipinski definition) is 7. The summed E-state index contributed by atoms with van der Waals surface area (Å²) in [6, 6.07) is 10.8. The molecule has 0 aliphatic rings. The summed E-state index contributed by atoms with van der Waals surface area (Å²) in [5, 5.41) is 5.64. The van der Waals surface area contributed by atoms with Crippen LogP contribution in [0.2, 0.25) is 0 Å². The molecule has 0 radical (unpaired) electrons. The number of aryl methyl sites for hydroxylation is 1. The fourth-order valence-electron chi connectivity index (χ4n) is 2.28. The molecule has 0 bridgehead atoms. The second kappa shape index (κ2) is 8.20. The molecular formula is C18H18N2O4S3. The van der Waals surface area contributed by atoms with E-state index in [2.05, 4.69) is 10.3 Å². The normalized spacial score (nSPS) is 11.3. The molecule has 3 aromatic rings. The minimum Gasteiger partial charge on any atom is -0.492 e. The second-order valence-corrected chi connectivity index (χ2v) is 10.1. The number of sulfone groups is 1. The van der Waals surface area contributed by atoms with Crippen LogP contribution in [0.25, 0.3) is 9.88 Å². The van der Waals surface area contributed by atoms with Gasteiger partial charge in [-0.25, -0.2) is 13.4 Å². The summed E-state index contributed by atoms with van der Waals surface area (Å²) in [6.45, 7) is 1.88. The minimum absolute atomic E-state index is 0.0604. The zero-order valence-corrected chi connectivity index (χ0v) is 17.2. The van der Waals surface area contributed by atoms with Crippen LogP contribution in [0.15, 0.2) is 41.8 Å². The molecule has 0 spiro atoms. The number of ether oxygens (including phenoxy) is 1. The zero-order chi connectivity index (χ0) is 19.4. The molecule has 142 valence electrons. The van der Waals surface area contributed by atoms with E-state index in [1.165, 1.54) is 11.3 Å². The number of hydrogen-bond donors (Lipinski definition) is 1. The standard InChI is InChI=1S/C18H18N2O4S3/c1-12-16(26-18(19-12)15-7-4-9-25-15)17(21)20-13-5-3-6-14(11-13)24-8-10-27(2,22)23/h3-7,9,11H,8,10H2,1-2H3,(H,20,21). The number of rotatable bonds is 7. The lowest BCUT2D eigenvalue weighted by Crippen LogP contribution is -2.13. The first kappa shape index (κ1) is 19.5. The molecule has 2 heterocycles. The van der Waals surface area contributed by atoms with Gasteiger partial charge in [0, 0.05) is 18.0 Å². The number of thiazole rings is 1. The predicted molar refractivity (Wildman–Crippen MR) is 110 cm³/mol. The van der Waals surface area contributed by atoms with Crippen LogP contribution in [0, 0.1) is 6.92 Å². The SMILES string of the molecule is Cc1nc(-c2cccs2)sc1C(=O)Nc1cccc(OCCS(C)(=O)=O)c1. The lowest BCUT2D eigenvalue weighted by Gasteiger charge is -2.08. The Kier molecular flexibility index (Phi) is 5.93. The Hall–Kier alpha value is -2.23. The van der Waals surface area contributed by atoms with E-state index in [1.54, 1.807) is 35.6 Å². The highest BCUT2D eigenvalue weighted by Gasteiger charge is 2.17. The summed E-state index contributed by atoms with van der Waals surface area (Å²) in [5.41, 5.74) is 1.25. The molecule has 27 heavy (non-hydrogen) atoms. The Bertz CT molecular complexity index is 1040. The molecule has 0 saturated carbocycles. The van der Waals surface area contributed by atoms with E-state index in [1.807, 2.05) is 24.4 Å². The Labute approximate surface area is 165 Å². The number of anilines is 1. The van der Waals surface area contributed by atoms with Crippen LogP contribution >= 0.6 is 22.7 Å².